The van der Waals surface area contributed by atoms with E-state index in [4.69, 9.17) is 0 Å². The fraction of sp³-hybridized carbons (Fsp3) is 0.312. The average molecular weight is 319 g/mol. The Hall–Kier alpha value is -1.19. The second kappa shape index (κ2) is 6.31. The van der Waals surface area contributed by atoms with E-state index in [-0.39, 0.29) is 0 Å². The molecule has 0 aliphatic carbocycles. The van der Waals surface area contributed by atoms with E-state index in [1.165, 1.54) is 21.2 Å². The van der Waals surface area contributed by atoms with E-state index in [1.807, 2.05) is 25.4 Å². The monoisotopic (exact) mass is 318 g/mol. The van der Waals surface area contributed by atoms with E-state index in [1.54, 1.807) is 0 Å². The van der Waals surface area contributed by atoms with Crippen molar-refractivity contribution in [3.8, 4) is 0 Å². The van der Waals surface area contributed by atoms with E-state index < -0.39 is 0 Å². The Labute approximate surface area is 123 Å². The Kier molecular flexibility index (Phi) is 4.72. The molecular weight excluding hydrogens is 300 g/mol. The lowest BCUT2D eigenvalue weighted by Gasteiger charge is -2.18. The minimum atomic E-state index is 0.292. The van der Waals surface area contributed by atoms with Crippen LogP contribution >= 0.6 is 15.9 Å². The maximum atomic E-state index is 4.41. The van der Waals surface area contributed by atoms with Gasteiger partial charge in [0.05, 0.1) is 0 Å². The maximum absolute atomic E-state index is 4.41. The largest absolute Gasteiger partial charge is 0.313 e. The molecule has 0 saturated carbocycles. The molecule has 19 heavy (non-hydrogen) atoms. The summed E-state index contributed by atoms with van der Waals surface area (Å²) in [5.41, 5.74) is 4.97. The van der Waals surface area contributed by atoms with Crippen molar-refractivity contribution in [3.05, 3.63) is 63.4 Å². The first-order valence-corrected chi connectivity index (χ1v) is 7.25. The molecule has 2 nitrogen and oxygen atoms in total. The molecule has 1 N–H and O–H groups in total. The lowest BCUT2D eigenvalue weighted by atomic mass is 9.98. The molecule has 0 amide bonds. The first-order chi connectivity index (χ1) is 9.11. The van der Waals surface area contributed by atoms with Crippen LogP contribution in [-0.2, 0) is 6.42 Å². The van der Waals surface area contributed by atoms with Gasteiger partial charge in [0.15, 0.2) is 0 Å². The van der Waals surface area contributed by atoms with Crippen LogP contribution in [0.1, 0.15) is 28.4 Å². The van der Waals surface area contributed by atoms with Crippen molar-refractivity contribution in [1.82, 2.24) is 10.3 Å². The van der Waals surface area contributed by atoms with Gasteiger partial charge in [-0.2, -0.15) is 0 Å². The third-order valence-electron chi connectivity index (χ3n) is 3.35. The summed E-state index contributed by atoms with van der Waals surface area (Å²) >= 11 is 3.62. The molecule has 0 aliphatic heterocycles. The van der Waals surface area contributed by atoms with Gasteiger partial charge in [-0.15, -0.1) is 0 Å². The van der Waals surface area contributed by atoms with Gasteiger partial charge >= 0.3 is 0 Å². The third-order valence-corrected chi connectivity index (χ3v) is 4.60. The van der Waals surface area contributed by atoms with Gasteiger partial charge in [-0.05, 0) is 49.7 Å². The Morgan fingerprint density at radius 3 is 2.42 bits per heavy atom. The molecule has 1 atom stereocenters. The second-order valence-corrected chi connectivity index (χ2v) is 5.63. The van der Waals surface area contributed by atoms with Crippen LogP contribution in [0.3, 0.4) is 0 Å². The van der Waals surface area contributed by atoms with Crippen LogP contribution < -0.4 is 5.32 Å². The van der Waals surface area contributed by atoms with E-state index in [0.29, 0.717) is 6.04 Å². The van der Waals surface area contributed by atoms with E-state index in [9.17, 15) is 0 Å². The lowest BCUT2D eigenvalue weighted by Crippen LogP contribution is -2.19. The van der Waals surface area contributed by atoms with Crippen molar-refractivity contribution in [2.75, 3.05) is 7.05 Å². The van der Waals surface area contributed by atoms with Crippen molar-refractivity contribution in [1.29, 1.82) is 0 Å². The molecule has 2 aromatic rings. The zero-order valence-electron chi connectivity index (χ0n) is 11.6. The molecule has 1 unspecified atom stereocenters. The first-order valence-electron chi connectivity index (χ1n) is 6.45. The minimum absolute atomic E-state index is 0.292. The quantitative estimate of drug-likeness (QED) is 0.922. The van der Waals surface area contributed by atoms with Crippen molar-refractivity contribution in [3.63, 3.8) is 0 Å². The number of aryl methyl sites for hydroxylation is 2. The highest BCUT2D eigenvalue weighted by atomic mass is 79.9. The van der Waals surface area contributed by atoms with Gasteiger partial charge in [-0.3, -0.25) is 4.98 Å². The number of pyridine rings is 1. The number of halogens is 1. The van der Waals surface area contributed by atoms with Gasteiger partial charge < -0.3 is 5.32 Å². The maximum Gasteiger partial charge on any atom is 0.0422 e. The Balaban J connectivity index is 2.27. The summed E-state index contributed by atoms with van der Waals surface area (Å²) in [7, 11) is 2.00. The standard InChI is InChI=1S/C16H19BrN2/c1-11-8-13(9-12(2)16(11)17)15(18-3)10-14-6-4-5-7-19-14/h4-9,15,18H,10H2,1-3H3. The molecule has 0 aliphatic rings. The van der Waals surface area contributed by atoms with Crippen LogP contribution in [0.2, 0.25) is 0 Å². The number of likely N-dealkylation sites (N-methyl/N-ethyl adjacent to an activating group) is 1. The van der Waals surface area contributed by atoms with Gasteiger partial charge in [-0.1, -0.05) is 34.1 Å². The number of hydrogen-bond acceptors (Lipinski definition) is 2. The molecule has 0 fully saturated rings. The van der Waals surface area contributed by atoms with Gasteiger partial charge in [0.1, 0.15) is 0 Å². The summed E-state index contributed by atoms with van der Waals surface area (Å²) in [6.45, 7) is 4.27. The van der Waals surface area contributed by atoms with Gasteiger partial charge in [0, 0.05) is 28.8 Å². The molecular formula is C16H19BrN2. The van der Waals surface area contributed by atoms with Crippen LogP contribution in [0.4, 0.5) is 0 Å². The lowest BCUT2D eigenvalue weighted by molar-refractivity contribution is 0.583. The summed E-state index contributed by atoms with van der Waals surface area (Å²) in [6.07, 6.45) is 2.75. The predicted octanol–water partition coefficient (Wildman–Crippen LogP) is 3.96. The number of aromatic nitrogens is 1. The Bertz CT molecular complexity index is 529. The van der Waals surface area contributed by atoms with Crippen LogP contribution in [-0.4, -0.2) is 12.0 Å². The fourth-order valence-corrected chi connectivity index (χ4v) is 2.52. The predicted molar refractivity (Wildman–Crippen MR) is 83.4 cm³/mol. The molecule has 100 valence electrons. The zero-order valence-corrected chi connectivity index (χ0v) is 13.2. The molecule has 0 saturated heterocycles. The molecule has 1 heterocycles. The molecule has 2 rings (SSSR count). The SMILES string of the molecule is CNC(Cc1ccccn1)c1cc(C)c(Br)c(C)c1. The number of benzene rings is 1. The van der Waals surface area contributed by atoms with E-state index >= 15 is 0 Å². The first kappa shape index (κ1) is 14.2. The van der Waals surface area contributed by atoms with Gasteiger partial charge in [0.25, 0.3) is 0 Å². The van der Waals surface area contributed by atoms with Crippen molar-refractivity contribution < 1.29 is 0 Å². The topological polar surface area (TPSA) is 24.9 Å². The summed E-state index contributed by atoms with van der Waals surface area (Å²) in [5, 5.41) is 3.39. The van der Waals surface area contributed by atoms with Crippen LogP contribution in [0.5, 0.6) is 0 Å². The summed E-state index contributed by atoms with van der Waals surface area (Å²) < 4.78 is 1.20. The van der Waals surface area contributed by atoms with Crippen LogP contribution in [0.25, 0.3) is 0 Å². The number of nitrogens with zero attached hydrogens (tertiary/aromatic N) is 1. The zero-order chi connectivity index (χ0) is 13.8. The van der Waals surface area contributed by atoms with E-state index in [2.05, 4.69) is 58.3 Å². The molecule has 1 aromatic carbocycles. The molecule has 0 bridgehead atoms. The minimum Gasteiger partial charge on any atom is -0.313 e. The number of hydrogen-bond donors (Lipinski definition) is 1. The van der Waals surface area contributed by atoms with Gasteiger partial charge in [0.2, 0.25) is 0 Å². The van der Waals surface area contributed by atoms with E-state index in [0.717, 1.165) is 12.1 Å². The third kappa shape index (κ3) is 3.43. The Morgan fingerprint density at radius 1 is 1.21 bits per heavy atom. The van der Waals surface area contributed by atoms with Crippen molar-refractivity contribution in [2.45, 2.75) is 26.3 Å². The highest BCUT2D eigenvalue weighted by Gasteiger charge is 2.13. The Morgan fingerprint density at radius 2 is 1.89 bits per heavy atom. The fourth-order valence-electron chi connectivity index (χ4n) is 2.30. The molecule has 1 aromatic heterocycles. The average Bonchev–Trinajstić information content (AvgIpc) is 2.42. The molecule has 0 radical (unpaired) electrons. The summed E-state index contributed by atoms with van der Waals surface area (Å²) in [4.78, 5) is 4.41. The van der Waals surface area contributed by atoms with Crippen molar-refractivity contribution >= 4 is 15.9 Å². The second-order valence-electron chi connectivity index (χ2n) is 4.84. The molecule has 3 heteroatoms. The number of nitrogens with one attached hydrogen (secondary N) is 1. The van der Waals surface area contributed by atoms with Crippen LogP contribution in [0, 0.1) is 13.8 Å². The van der Waals surface area contributed by atoms with Gasteiger partial charge in [-0.25, -0.2) is 0 Å². The van der Waals surface area contributed by atoms with Crippen molar-refractivity contribution in [2.24, 2.45) is 0 Å². The summed E-state index contributed by atoms with van der Waals surface area (Å²) in [5.74, 6) is 0. The van der Waals surface area contributed by atoms with Crippen LogP contribution in [0.15, 0.2) is 41.0 Å². The highest BCUT2D eigenvalue weighted by Crippen LogP contribution is 2.26. The number of rotatable bonds is 4. The highest BCUT2D eigenvalue weighted by molar-refractivity contribution is 9.10. The summed E-state index contributed by atoms with van der Waals surface area (Å²) in [6, 6.07) is 10.8. The molecule has 0 spiro atoms. The smallest absolute Gasteiger partial charge is 0.0422 e. The normalized spacial score (nSPS) is 12.4.